The molecule has 1 atom stereocenters. The number of hydrogen-bond donors (Lipinski definition) is 1. The molecule has 0 aliphatic rings. The zero-order chi connectivity index (χ0) is 7.98. The van der Waals surface area contributed by atoms with Gasteiger partial charge < -0.3 is 9.84 Å². The maximum absolute atomic E-state index is 10.6. The Morgan fingerprint density at radius 1 is 1.90 bits per heavy atom. The Bertz CT molecular complexity index is 118. The highest BCUT2D eigenvalue weighted by Gasteiger charge is 2.04. The first-order valence-corrected chi connectivity index (χ1v) is 3.11. The molecule has 0 rings (SSSR count). The summed E-state index contributed by atoms with van der Waals surface area (Å²) in [5.74, 6) is -0.394. The average molecular weight is 144 g/mol. The summed E-state index contributed by atoms with van der Waals surface area (Å²) in [7, 11) is 0. The highest BCUT2D eigenvalue weighted by molar-refractivity contribution is 5.69. The Morgan fingerprint density at radius 2 is 2.50 bits per heavy atom. The number of esters is 1. The lowest BCUT2D eigenvalue weighted by molar-refractivity contribution is -0.144. The van der Waals surface area contributed by atoms with Crippen LogP contribution in [-0.4, -0.2) is 23.8 Å². The van der Waals surface area contributed by atoms with E-state index in [4.69, 9.17) is 5.11 Å². The van der Waals surface area contributed by atoms with Gasteiger partial charge >= 0.3 is 5.97 Å². The Morgan fingerprint density at radius 3 is 2.90 bits per heavy atom. The maximum atomic E-state index is 10.6. The summed E-state index contributed by atoms with van der Waals surface area (Å²) in [4.78, 5) is 10.6. The zero-order valence-electron chi connectivity index (χ0n) is 6.04. The molecule has 0 bridgehead atoms. The second-order valence-corrected chi connectivity index (χ2v) is 2.02. The molecule has 0 aromatic rings. The van der Waals surface area contributed by atoms with Gasteiger partial charge in [-0.05, 0) is 6.92 Å². The van der Waals surface area contributed by atoms with Crippen LogP contribution in [0.1, 0.15) is 13.3 Å². The number of rotatable bonds is 4. The summed E-state index contributed by atoms with van der Waals surface area (Å²) < 4.78 is 4.58. The Hall–Kier alpha value is -0.830. The van der Waals surface area contributed by atoms with Crippen molar-refractivity contribution >= 4 is 5.97 Å². The molecule has 3 nitrogen and oxygen atoms in total. The van der Waals surface area contributed by atoms with Crippen molar-refractivity contribution in [3.63, 3.8) is 0 Å². The summed E-state index contributed by atoms with van der Waals surface area (Å²) in [6.07, 6.45) is 0.908. The number of carbonyl (C=O) groups excluding carboxylic acids is 1. The standard InChI is InChI=1S/C7H12O3/c1-3-4-10-7(9)5-6(2)8/h3,6,8H,1,4-5H2,2H3. The van der Waals surface area contributed by atoms with Crippen molar-refractivity contribution in [3.8, 4) is 0 Å². The van der Waals surface area contributed by atoms with Gasteiger partial charge in [-0.25, -0.2) is 0 Å². The smallest absolute Gasteiger partial charge is 0.308 e. The van der Waals surface area contributed by atoms with Gasteiger partial charge in [-0.2, -0.15) is 0 Å². The molecule has 58 valence electrons. The predicted octanol–water partition coefficient (Wildman–Crippen LogP) is 0.486. The molecule has 0 aliphatic carbocycles. The quantitative estimate of drug-likeness (QED) is 0.461. The Kier molecular flexibility index (Phi) is 4.58. The van der Waals surface area contributed by atoms with Crippen LogP contribution < -0.4 is 0 Å². The molecular weight excluding hydrogens is 132 g/mol. The highest BCUT2D eigenvalue weighted by Crippen LogP contribution is 1.92. The fourth-order valence-corrected chi connectivity index (χ4v) is 0.452. The monoisotopic (exact) mass is 144 g/mol. The molecule has 0 saturated carbocycles. The van der Waals surface area contributed by atoms with Crippen molar-refractivity contribution in [2.45, 2.75) is 19.4 Å². The third kappa shape index (κ3) is 5.31. The van der Waals surface area contributed by atoms with E-state index in [1.54, 1.807) is 0 Å². The van der Waals surface area contributed by atoms with Gasteiger partial charge in [0.2, 0.25) is 0 Å². The van der Waals surface area contributed by atoms with Crippen LogP contribution in [0.5, 0.6) is 0 Å². The Balaban J connectivity index is 3.34. The second kappa shape index (κ2) is 4.99. The molecule has 0 aliphatic heterocycles. The molecule has 0 saturated heterocycles. The van der Waals surface area contributed by atoms with Gasteiger partial charge in [0, 0.05) is 0 Å². The van der Waals surface area contributed by atoms with E-state index in [0.29, 0.717) is 0 Å². The van der Waals surface area contributed by atoms with E-state index in [-0.39, 0.29) is 13.0 Å². The van der Waals surface area contributed by atoms with Gasteiger partial charge in [0.15, 0.2) is 0 Å². The molecule has 0 radical (unpaired) electrons. The minimum absolute atomic E-state index is 0.0494. The molecule has 0 aromatic heterocycles. The lowest BCUT2D eigenvalue weighted by Crippen LogP contribution is -2.12. The largest absolute Gasteiger partial charge is 0.461 e. The van der Waals surface area contributed by atoms with Crippen molar-refractivity contribution in [2.75, 3.05) is 6.61 Å². The molecule has 3 heteroatoms. The third-order valence-corrected chi connectivity index (χ3v) is 0.824. The van der Waals surface area contributed by atoms with Crippen molar-refractivity contribution in [1.82, 2.24) is 0 Å². The van der Waals surface area contributed by atoms with Crippen molar-refractivity contribution in [2.24, 2.45) is 0 Å². The lowest BCUT2D eigenvalue weighted by atomic mass is 10.3. The Labute approximate surface area is 60.3 Å². The van der Waals surface area contributed by atoms with E-state index < -0.39 is 12.1 Å². The first kappa shape index (κ1) is 9.17. The average Bonchev–Trinajstić information content (AvgIpc) is 1.82. The number of hydrogen-bond acceptors (Lipinski definition) is 3. The van der Waals surface area contributed by atoms with Crippen LogP contribution in [0.3, 0.4) is 0 Å². The van der Waals surface area contributed by atoms with Gasteiger partial charge in [-0.1, -0.05) is 12.7 Å². The zero-order valence-corrected chi connectivity index (χ0v) is 6.04. The van der Waals surface area contributed by atoms with Crippen molar-refractivity contribution in [3.05, 3.63) is 12.7 Å². The number of aliphatic hydroxyl groups excluding tert-OH is 1. The minimum atomic E-state index is -0.627. The van der Waals surface area contributed by atoms with Gasteiger partial charge in [0.05, 0.1) is 12.5 Å². The van der Waals surface area contributed by atoms with Crippen LogP contribution in [0.25, 0.3) is 0 Å². The van der Waals surface area contributed by atoms with Crippen LogP contribution in [0.15, 0.2) is 12.7 Å². The fourth-order valence-electron chi connectivity index (χ4n) is 0.452. The first-order chi connectivity index (χ1) is 4.66. The van der Waals surface area contributed by atoms with E-state index in [1.165, 1.54) is 13.0 Å². The van der Waals surface area contributed by atoms with Crippen LogP contribution in [0, 0.1) is 0 Å². The van der Waals surface area contributed by atoms with E-state index in [9.17, 15) is 4.79 Å². The van der Waals surface area contributed by atoms with Crippen LogP contribution in [-0.2, 0) is 9.53 Å². The van der Waals surface area contributed by atoms with Gasteiger partial charge in [-0.3, -0.25) is 4.79 Å². The third-order valence-electron chi connectivity index (χ3n) is 0.824. The SMILES string of the molecule is C=CCOC(=O)CC(C)O. The molecule has 1 N–H and O–H groups in total. The summed E-state index contributed by atoms with van der Waals surface area (Å²) in [5.41, 5.74) is 0. The van der Waals surface area contributed by atoms with Crippen molar-refractivity contribution < 1.29 is 14.6 Å². The highest BCUT2D eigenvalue weighted by atomic mass is 16.5. The maximum Gasteiger partial charge on any atom is 0.308 e. The van der Waals surface area contributed by atoms with E-state index in [1.807, 2.05) is 0 Å². The minimum Gasteiger partial charge on any atom is -0.461 e. The van der Waals surface area contributed by atoms with Crippen molar-refractivity contribution in [1.29, 1.82) is 0 Å². The predicted molar refractivity (Wildman–Crippen MR) is 37.5 cm³/mol. The van der Waals surface area contributed by atoms with Gasteiger partial charge in [0.1, 0.15) is 6.61 Å². The molecule has 1 unspecified atom stereocenters. The van der Waals surface area contributed by atoms with Crippen LogP contribution in [0.2, 0.25) is 0 Å². The lowest BCUT2D eigenvalue weighted by Gasteiger charge is -2.02. The normalized spacial score (nSPS) is 12.2. The number of ether oxygens (including phenoxy) is 1. The van der Waals surface area contributed by atoms with Gasteiger partial charge in [-0.15, -0.1) is 0 Å². The molecule has 0 fully saturated rings. The van der Waals surface area contributed by atoms with E-state index in [2.05, 4.69) is 11.3 Å². The molecule has 10 heavy (non-hydrogen) atoms. The van der Waals surface area contributed by atoms with E-state index in [0.717, 1.165) is 0 Å². The number of aliphatic hydroxyl groups is 1. The molecule has 0 amide bonds. The van der Waals surface area contributed by atoms with Crippen LogP contribution in [0.4, 0.5) is 0 Å². The number of carbonyl (C=O) groups is 1. The molecule has 0 aromatic carbocycles. The van der Waals surface area contributed by atoms with E-state index >= 15 is 0 Å². The summed E-state index contributed by atoms with van der Waals surface area (Å²) in [6, 6.07) is 0. The molecular formula is C7H12O3. The second-order valence-electron chi connectivity index (χ2n) is 2.02. The topological polar surface area (TPSA) is 46.5 Å². The fraction of sp³-hybridized carbons (Fsp3) is 0.571. The first-order valence-electron chi connectivity index (χ1n) is 3.11. The molecule has 0 spiro atoms. The summed E-state index contributed by atoms with van der Waals surface area (Å²) in [5, 5.41) is 8.70. The van der Waals surface area contributed by atoms with Crippen LogP contribution >= 0.6 is 0 Å². The summed E-state index contributed by atoms with van der Waals surface area (Å²) >= 11 is 0. The van der Waals surface area contributed by atoms with Gasteiger partial charge in [0.25, 0.3) is 0 Å². The molecule has 0 heterocycles. The summed E-state index contributed by atoms with van der Waals surface area (Å²) in [6.45, 7) is 5.12.